The van der Waals surface area contributed by atoms with E-state index >= 15 is 0 Å². The highest BCUT2D eigenvalue weighted by Gasteiger charge is 2.27. The lowest BCUT2D eigenvalue weighted by Crippen LogP contribution is -2.22. The third kappa shape index (κ3) is 3.43. The van der Waals surface area contributed by atoms with E-state index in [-0.39, 0.29) is 5.41 Å². The normalized spacial score (nSPS) is 11.6. The summed E-state index contributed by atoms with van der Waals surface area (Å²) in [7, 11) is 3.52. The Morgan fingerprint density at radius 1 is 1.50 bits per heavy atom. The van der Waals surface area contributed by atoms with Gasteiger partial charge < -0.3 is 14.7 Å². The van der Waals surface area contributed by atoms with Crippen LogP contribution in [0.1, 0.15) is 36.1 Å². The minimum Gasteiger partial charge on any atom is -0.477 e. The van der Waals surface area contributed by atoms with Crippen molar-refractivity contribution in [2.75, 3.05) is 32.2 Å². The highest BCUT2D eigenvalue weighted by Crippen LogP contribution is 2.33. The standard InChI is InChI=1S/C12H20N2O3S/c1-12(2,3)9-8(10(15)16)18-11(13-9)14(4)6-7-17-5/h6-7H2,1-5H3,(H,15,16). The molecule has 5 nitrogen and oxygen atoms in total. The molecule has 0 aromatic carbocycles. The van der Waals surface area contributed by atoms with E-state index in [2.05, 4.69) is 4.98 Å². The summed E-state index contributed by atoms with van der Waals surface area (Å²) < 4.78 is 5.00. The Balaban J connectivity index is 3.06. The summed E-state index contributed by atoms with van der Waals surface area (Å²) >= 11 is 1.21. The van der Waals surface area contributed by atoms with Crippen molar-refractivity contribution in [1.82, 2.24) is 4.98 Å². The Labute approximate surface area is 111 Å². The Kier molecular flexibility index (Phi) is 4.70. The summed E-state index contributed by atoms with van der Waals surface area (Å²) in [5, 5.41) is 9.94. The van der Waals surface area contributed by atoms with Crippen LogP contribution in [-0.2, 0) is 10.2 Å². The molecule has 1 heterocycles. The maximum atomic E-state index is 11.2. The maximum Gasteiger partial charge on any atom is 0.347 e. The summed E-state index contributed by atoms with van der Waals surface area (Å²) in [5.41, 5.74) is 0.365. The van der Waals surface area contributed by atoms with Crippen molar-refractivity contribution in [3.8, 4) is 0 Å². The van der Waals surface area contributed by atoms with Crippen LogP contribution in [0.5, 0.6) is 0 Å². The molecule has 1 aromatic heterocycles. The van der Waals surface area contributed by atoms with Crippen LogP contribution in [0, 0.1) is 0 Å². The number of carboxylic acids is 1. The maximum absolute atomic E-state index is 11.2. The van der Waals surface area contributed by atoms with E-state index in [1.165, 1.54) is 11.3 Å². The highest BCUT2D eigenvalue weighted by molar-refractivity contribution is 7.17. The average Bonchev–Trinajstić information content (AvgIpc) is 2.70. The Morgan fingerprint density at radius 3 is 2.50 bits per heavy atom. The third-order valence-electron chi connectivity index (χ3n) is 2.48. The van der Waals surface area contributed by atoms with Crippen molar-refractivity contribution >= 4 is 22.4 Å². The Hall–Kier alpha value is -1.14. The zero-order valence-corrected chi connectivity index (χ0v) is 12.3. The lowest BCUT2D eigenvalue weighted by Gasteiger charge is -2.17. The molecule has 102 valence electrons. The van der Waals surface area contributed by atoms with Crippen LogP contribution in [-0.4, -0.2) is 43.4 Å². The van der Waals surface area contributed by atoms with Gasteiger partial charge in [0.2, 0.25) is 0 Å². The van der Waals surface area contributed by atoms with Crippen molar-refractivity contribution in [3.05, 3.63) is 10.6 Å². The van der Waals surface area contributed by atoms with Gasteiger partial charge in [0.1, 0.15) is 4.88 Å². The van der Waals surface area contributed by atoms with Crippen LogP contribution in [0.15, 0.2) is 0 Å². The first-order valence-electron chi connectivity index (χ1n) is 5.72. The minimum absolute atomic E-state index is 0.273. The monoisotopic (exact) mass is 272 g/mol. The molecule has 1 rings (SSSR count). The molecule has 0 spiro atoms. The summed E-state index contributed by atoms with van der Waals surface area (Å²) in [4.78, 5) is 17.9. The van der Waals surface area contributed by atoms with Gasteiger partial charge in [-0.1, -0.05) is 32.1 Å². The zero-order chi connectivity index (χ0) is 13.9. The molecule has 1 aromatic rings. The first kappa shape index (κ1) is 14.9. The van der Waals surface area contributed by atoms with E-state index in [9.17, 15) is 9.90 Å². The zero-order valence-electron chi connectivity index (χ0n) is 11.5. The molecular weight excluding hydrogens is 252 g/mol. The second-order valence-electron chi connectivity index (χ2n) is 5.14. The second kappa shape index (κ2) is 5.67. The van der Waals surface area contributed by atoms with Crippen LogP contribution < -0.4 is 4.90 Å². The molecule has 0 saturated carbocycles. The number of thiazole rings is 1. The fourth-order valence-electron chi connectivity index (χ4n) is 1.45. The third-order valence-corrected chi connectivity index (χ3v) is 3.64. The van der Waals surface area contributed by atoms with Crippen molar-refractivity contribution in [3.63, 3.8) is 0 Å². The molecule has 0 radical (unpaired) electrons. The first-order valence-corrected chi connectivity index (χ1v) is 6.53. The minimum atomic E-state index is -0.913. The number of anilines is 1. The average molecular weight is 272 g/mol. The molecule has 0 aliphatic rings. The Bertz CT molecular complexity index is 423. The molecule has 0 aliphatic carbocycles. The topological polar surface area (TPSA) is 62.7 Å². The van der Waals surface area contributed by atoms with E-state index in [0.717, 1.165) is 5.13 Å². The smallest absolute Gasteiger partial charge is 0.347 e. The summed E-state index contributed by atoms with van der Waals surface area (Å²) in [5.74, 6) is -0.913. The number of methoxy groups -OCH3 is 1. The van der Waals surface area contributed by atoms with Crippen molar-refractivity contribution in [2.24, 2.45) is 0 Å². The predicted octanol–water partition coefficient (Wildman–Crippen LogP) is 2.22. The summed E-state index contributed by atoms with van der Waals surface area (Å²) in [6, 6.07) is 0. The van der Waals surface area contributed by atoms with E-state index in [1.54, 1.807) is 7.11 Å². The van der Waals surface area contributed by atoms with Crippen LogP contribution in [0.25, 0.3) is 0 Å². The molecule has 6 heteroatoms. The van der Waals surface area contributed by atoms with Crippen LogP contribution >= 0.6 is 11.3 Å². The van der Waals surface area contributed by atoms with Crippen LogP contribution in [0.2, 0.25) is 0 Å². The van der Waals surface area contributed by atoms with Gasteiger partial charge in [-0.3, -0.25) is 0 Å². The predicted molar refractivity (Wildman–Crippen MR) is 72.9 cm³/mol. The molecule has 1 N–H and O–H groups in total. The molecule has 0 bridgehead atoms. The van der Waals surface area contributed by atoms with Crippen molar-refractivity contribution < 1.29 is 14.6 Å². The van der Waals surface area contributed by atoms with Gasteiger partial charge in [0.25, 0.3) is 0 Å². The summed E-state index contributed by atoms with van der Waals surface area (Å²) in [6.07, 6.45) is 0. The number of aromatic carboxylic acids is 1. The van der Waals surface area contributed by atoms with Gasteiger partial charge in [0.15, 0.2) is 5.13 Å². The van der Waals surface area contributed by atoms with E-state index in [0.29, 0.717) is 23.7 Å². The lowest BCUT2D eigenvalue weighted by molar-refractivity contribution is 0.0699. The Morgan fingerprint density at radius 2 is 2.11 bits per heavy atom. The SMILES string of the molecule is COCCN(C)c1nc(C(C)(C)C)c(C(=O)O)s1. The molecule has 18 heavy (non-hydrogen) atoms. The molecule has 0 saturated heterocycles. The molecule has 0 atom stereocenters. The molecule has 0 fully saturated rings. The number of rotatable bonds is 5. The van der Waals surface area contributed by atoms with Gasteiger partial charge in [-0.2, -0.15) is 0 Å². The van der Waals surface area contributed by atoms with Gasteiger partial charge in [-0.25, -0.2) is 9.78 Å². The van der Waals surface area contributed by atoms with Gasteiger partial charge in [-0.15, -0.1) is 0 Å². The van der Waals surface area contributed by atoms with E-state index in [1.807, 2.05) is 32.7 Å². The number of hydrogen-bond acceptors (Lipinski definition) is 5. The molecule has 0 amide bonds. The van der Waals surface area contributed by atoms with Crippen molar-refractivity contribution in [2.45, 2.75) is 26.2 Å². The highest BCUT2D eigenvalue weighted by atomic mass is 32.1. The lowest BCUT2D eigenvalue weighted by atomic mass is 9.91. The molecule has 0 unspecified atom stereocenters. The number of aromatic nitrogens is 1. The number of likely N-dealkylation sites (N-methyl/N-ethyl adjacent to an activating group) is 1. The fraction of sp³-hybridized carbons (Fsp3) is 0.667. The largest absolute Gasteiger partial charge is 0.477 e. The second-order valence-corrected chi connectivity index (χ2v) is 6.12. The van der Waals surface area contributed by atoms with E-state index < -0.39 is 5.97 Å². The van der Waals surface area contributed by atoms with Gasteiger partial charge in [-0.05, 0) is 0 Å². The fourth-order valence-corrected chi connectivity index (χ4v) is 2.55. The quantitative estimate of drug-likeness (QED) is 0.890. The number of carbonyl (C=O) groups is 1. The summed E-state index contributed by atoms with van der Waals surface area (Å²) in [6.45, 7) is 7.17. The number of ether oxygens (including phenoxy) is 1. The number of carboxylic acid groups (broad SMARTS) is 1. The first-order chi connectivity index (χ1) is 8.27. The van der Waals surface area contributed by atoms with Gasteiger partial charge in [0.05, 0.1) is 12.3 Å². The molecular formula is C12H20N2O3S. The van der Waals surface area contributed by atoms with Gasteiger partial charge in [0, 0.05) is 26.1 Å². The number of hydrogen-bond donors (Lipinski definition) is 1. The van der Waals surface area contributed by atoms with Gasteiger partial charge >= 0.3 is 5.97 Å². The van der Waals surface area contributed by atoms with E-state index in [4.69, 9.17) is 4.74 Å². The van der Waals surface area contributed by atoms with Crippen molar-refractivity contribution in [1.29, 1.82) is 0 Å². The van der Waals surface area contributed by atoms with Crippen LogP contribution in [0.4, 0.5) is 5.13 Å². The van der Waals surface area contributed by atoms with Crippen LogP contribution in [0.3, 0.4) is 0 Å². The number of nitrogens with zero attached hydrogens (tertiary/aromatic N) is 2. The molecule has 0 aliphatic heterocycles.